The van der Waals surface area contributed by atoms with Crippen LogP contribution in [0.4, 0.5) is 0 Å². The van der Waals surface area contributed by atoms with Crippen LogP contribution >= 0.6 is 0 Å². The van der Waals surface area contributed by atoms with Gasteiger partial charge in [0.2, 0.25) is 0 Å². The van der Waals surface area contributed by atoms with Gasteiger partial charge in [0, 0.05) is 6.04 Å². The second-order valence-corrected chi connectivity index (χ2v) is 8.15. The van der Waals surface area contributed by atoms with E-state index >= 15 is 0 Å². The second kappa shape index (κ2) is 7.97. The van der Waals surface area contributed by atoms with Gasteiger partial charge in [0.25, 0.3) is 0 Å². The molecule has 2 saturated carbocycles. The molecule has 0 amide bonds. The predicted octanol–water partition coefficient (Wildman–Crippen LogP) is 4.06. The molecule has 0 aromatic carbocycles. The van der Waals surface area contributed by atoms with Crippen LogP contribution in [0.15, 0.2) is 0 Å². The molecule has 1 N–H and O–H groups in total. The predicted molar refractivity (Wildman–Crippen MR) is 90.5 cm³/mol. The van der Waals surface area contributed by atoms with E-state index < -0.39 is 0 Å². The van der Waals surface area contributed by atoms with Crippen molar-refractivity contribution in [2.75, 3.05) is 26.2 Å². The summed E-state index contributed by atoms with van der Waals surface area (Å²) in [5, 5.41) is 3.88. The number of hydrogen-bond acceptors (Lipinski definition) is 2. The van der Waals surface area contributed by atoms with Crippen molar-refractivity contribution >= 4 is 0 Å². The summed E-state index contributed by atoms with van der Waals surface area (Å²) in [4.78, 5) is 2.68. The summed E-state index contributed by atoms with van der Waals surface area (Å²) in [5.74, 6) is 3.12. The van der Waals surface area contributed by atoms with Gasteiger partial charge in [0.05, 0.1) is 0 Å². The van der Waals surface area contributed by atoms with Gasteiger partial charge in [0.1, 0.15) is 0 Å². The summed E-state index contributed by atoms with van der Waals surface area (Å²) < 4.78 is 0. The van der Waals surface area contributed by atoms with Crippen molar-refractivity contribution in [3.8, 4) is 0 Å². The van der Waals surface area contributed by atoms with E-state index in [-0.39, 0.29) is 0 Å². The van der Waals surface area contributed by atoms with E-state index in [9.17, 15) is 0 Å². The summed E-state index contributed by atoms with van der Waals surface area (Å²) >= 11 is 0. The van der Waals surface area contributed by atoms with E-state index in [1.807, 2.05) is 0 Å². The number of nitrogens with zero attached hydrogens (tertiary/aromatic N) is 1. The average Bonchev–Trinajstić information content (AvgIpc) is 2.53. The Morgan fingerprint density at radius 2 is 1.67 bits per heavy atom. The zero-order valence-electron chi connectivity index (χ0n) is 14.2. The van der Waals surface area contributed by atoms with Crippen LogP contribution < -0.4 is 5.32 Å². The summed E-state index contributed by atoms with van der Waals surface area (Å²) in [6, 6.07) is 0.839. The van der Waals surface area contributed by atoms with E-state index in [2.05, 4.69) is 17.1 Å². The minimum Gasteiger partial charge on any atom is -0.314 e. The van der Waals surface area contributed by atoms with Crippen LogP contribution in [0.5, 0.6) is 0 Å². The molecular formula is C19H36N2. The van der Waals surface area contributed by atoms with Crippen molar-refractivity contribution in [2.45, 2.75) is 77.2 Å². The molecule has 2 aliphatic carbocycles. The zero-order chi connectivity index (χ0) is 14.5. The minimum atomic E-state index is 0.839. The molecule has 3 atom stereocenters. The Balaban J connectivity index is 1.27. The Labute approximate surface area is 132 Å². The highest BCUT2D eigenvalue weighted by Crippen LogP contribution is 2.40. The van der Waals surface area contributed by atoms with E-state index in [0.717, 1.165) is 23.8 Å². The highest BCUT2D eigenvalue weighted by molar-refractivity contribution is 4.86. The fourth-order valence-corrected chi connectivity index (χ4v) is 4.95. The monoisotopic (exact) mass is 292 g/mol. The van der Waals surface area contributed by atoms with E-state index in [4.69, 9.17) is 0 Å². The molecule has 0 spiro atoms. The lowest BCUT2D eigenvalue weighted by molar-refractivity contribution is 0.142. The van der Waals surface area contributed by atoms with Crippen LogP contribution in [0.25, 0.3) is 0 Å². The first-order chi connectivity index (χ1) is 10.3. The maximum absolute atomic E-state index is 3.88. The Morgan fingerprint density at radius 3 is 2.48 bits per heavy atom. The van der Waals surface area contributed by atoms with Gasteiger partial charge in [-0.05, 0) is 82.5 Å². The lowest BCUT2D eigenvalue weighted by Gasteiger charge is -2.39. The van der Waals surface area contributed by atoms with Crippen molar-refractivity contribution in [1.29, 1.82) is 0 Å². The third-order valence-electron chi connectivity index (χ3n) is 6.50. The Kier molecular flexibility index (Phi) is 5.99. The fourth-order valence-electron chi connectivity index (χ4n) is 4.95. The topological polar surface area (TPSA) is 15.3 Å². The average molecular weight is 293 g/mol. The molecular weight excluding hydrogens is 256 g/mol. The standard InChI is InChI=1S/C19H36N2/c1-16-9-13-21(14-10-16)12-4-11-20-19-8-7-17-5-2-3-6-18(17)15-19/h16-20H,2-15H2,1H3. The summed E-state index contributed by atoms with van der Waals surface area (Å²) in [6.07, 6.45) is 14.7. The molecule has 3 fully saturated rings. The van der Waals surface area contributed by atoms with Gasteiger partial charge in [-0.1, -0.05) is 32.6 Å². The summed E-state index contributed by atoms with van der Waals surface area (Å²) in [5.41, 5.74) is 0. The first-order valence-corrected chi connectivity index (χ1v) is 9.77. The molecule has 1 saturated heterocycles. The molecule has 0 aromatic rings. The van der Waals surface area contributed by atoms with E-state index in [0.29, 0.717) is 0 Å². The summed E-state index contributed by atoms with van der Waals surface area (Å²) in [6.45, 7) is 7.65. The van der Waals surface area contributed by atoms with Crippen LogP contribution in [0, 0.1) is 17.8 Å². The Bertz CT molecular complexity index is 296. The fraction of sp³-hybridized carbons (Fsp3) is 1.00. The van der Waals surface area contributed by atoms with Crippen molar-refractivity contribution < 1.29 is 0 Å². The quantitative estimate of drug-likeness (QED) is 0.769. The van der Waals surface area contributed by atoms with Gasteiger partial charge >= 0.3 is 0 Å². The largest absolute Gasteiger partial charge is 0.314 e. The Hall–Kier alpha value is -0.0800. The molecule has 3 aliphatic rings. The third kappa shape index (κ3) is 4.69. The van der Waals surface area contributed by atoms with Gasteiger partial charge in [-0.2, -0.15) is 0 Å². The Morgan fingerprint density at radius 1 is 0.905 bits per heavy atom. The molecule has 1 aliphatic heterocycles. The molecule has 2 nitrogen and oxygen atoms in total. The van der Waals surface area contributed by atoms with Crippen LogP contribution in [0.3, 0.4) is 0 Å². The highest BCUT2D eigenvalue weighted by Gasteiger charge is 2.31. The zero-order valence-corrected chi connectivity index (χ0v) is 14.2. The maximum Gasteiger partial charge on any atom is 0.00699 e. The van der Waals surface area contributed by atoms with Crippen LogP contribution in [0.1, 0.15) is 71.1 Å². The van der Waals surface area contributed by atoms with Crippen molar-refractivity contribution in [2.24, 2.45) is 17.8 Å². The number of nitrogens with one attached hydrogen (secondary N) is 1. The highest BCUT2D eigenvalue weighted by atomic mass is 15.1. The number of fused-ring (bicyclic) bond motifs is 1. The molecule has 0 radical (unpaired) electrons. The van der Waals surface area contributed by atoms with Crippen LogP contribution in [0.2, 0.25) is 0 Å². The van der Waals surface area contributed by atoms with Crippen molar-refractivity contribution in [1.82, 2.24) is 10.2 Å². The van der Waals surface area contributed by atoms with Crippen LogP contribution in [-0.2, 0) is 0 Å². The molecule has 1 heterocycles. The molecule has 122 valence electrons. The van der Waals surface area contributed by atoms with E-state index in [1.54, 1.807) is 0 Å². The number of likely N-dealkylation sites (tertiary alicyclic amines) is 1. The van der Waals surface area contributed by atoms with Gasteiger partial charge in [-0.25, -0.2) is 0 Å². The molecule has 3 unspecified atom stereocenters. The number of piperidine rings is 1. The second-order valence-electron chi connectivity index (χ2n) is 8.15. The normalized spacial score (nSPS) is 35.6. The SMILES string of the molecule is CC1CCN(CCCNC2CCC3CCCCC3C2)CC1. The van der Waals surface area contributed by atoms with Crippen LogP contribution in [-0.4, -0.2) is 37.1 Å². The number of rotatable bonds is 5. The molecule has 0 aromatic heterocycles. The minimum absolute atomic E-state index is 0.839. The molecule has 3 rings (SSSR count). The molecule has 2 heteroatoms. The summed E-state index contributed by atoms with van der Waals surface area (Å²) in [7, 11) is 0. The van der Waals surface area contributed by atoms with Crippen molar-refractivity contribution in [3.05, 3.63) is 0 Å². The molecule has 21 heavy (non-hydrogen) atoms. The van der Waals surface area contributed by atoms with Gasteiger partial charge in [-0.3, -0.25) is 0 Å². The number of hydrogen-bond donors (Lipinski definition) is 1. The van der Waals surface area contributed by atoms with Gasteiger partial charge < -0.3 is 10.2 Å². The molecule has 0 bridgehead atoms. The van der Waals surface area contributed by atoms with Gasteiger partial charge in [0.15, 0.2) is 0 Å². The van der Waals surface area contributed by atoms with Gasteiger partial charge in [-0.15, -0.1) is 0 Å². The maximum atomic E-state index is 3.88. The first kappa shape index (κ1) is 15.8. The lowest BCUT2D eigenvalue weighted by Crippen LogP contribution is -2.40. The van der Waals surface area contributed by atoms with E-state index in [1.165, 1.54) is 90.4 Å². The lowest BCUT2D eigenvalue weighted by atomic mass is 9.69. The first-order valence-electron chi connectivity index (χ1n) is 9.77. The smallest absolute Gasteiger partial charge is 0.00699 e. The van der Waals surface area contributed by atoms with Crippen molar-refractivity contribution in [3.63, 3.8) is 0 Å². The third-order valence-corrected chi connectivity index (χ3v) is 6.50.